The van der Waals surface area contributed by atoms with Crippen molar-refractivity contribution in [2.24, 2.45) is 0 Å². The molecule has 0 saturated carbocycles. The van der Waals surface area contributed by atoms with E-state index in [2.05, 4.69) is 21.1 Å². The summed E-state index contributed by atoms with van der Waals surface area (Å²) in [5.74, 6) is 1.14. The van der Waals surface area contributed by atoms with Crippen LogP contribution < -0.4 is 11.1 Å². The monoisotopic (exact) mass is 489 g/mol. The molecule has 0 saturated heterocycles. The predicted octanol–water partition coefficient (Wildman–Crippen LogP) is 4.35. The third-order valence-electron chi connectivity index (χ3n) is 6.24. The van der Waals surface area contributed by atoms with Gasteiger partial charge in [-0.2, -0.15) is 10.4 Å². The number of anilines is 1. The van der Waals surface area contributed by atoms with E-state index in [1.54, 1.807) is 4.68 Å². The van der Waals surface area contributed by atoms with Crippen molar-refractivity contribution in [3.63, 3.8) is 0 Å². The normalized spacial score (nSPS) is 10.9. The molecule has 3 N–H and O–H groups in total. The van der Waals surface area contributed by atoms with E-state index in [4.69, 9.17) is 10.7 Å². The van der Waals surface area contributed by atoms with Crippen LogP contribution in [0, 0.1) is 11.3 Å². The molecule has 0 atom stereocenters. The maximum atomic E-state index is 12.6. The van der Waals surface area contributed by atoms with Gasteiger partial charge in [-0.1, -0.05) is 48.5 Å². The van der Waals surface area contributed by atoms with Gasteiger partial charge < -0.3 is 11.1 Å². The Morgan fingerprint density at radius 1 is 0.919 bits per heavy atom. The first-order valence-electron chi connectivity index (χ1n) is 12.3. The molecular formula is C29H27N7O. The number of nitrogens with one attached hydrogen (secondary N) is 1. The van der Waals surface area contributed by atoms with Crippen LogP contribution in [0.5, 0.6) is 0 Å². The van der Waals surface area contributed by atoms with Gasteiger partial charge in [0.05, 0.1) is 22.4 Å². The number of nitriles is 1. The van der Waals surface area contributed by atoms with E-state index in [1.807, 2.05) is 84.9 Å². The second kappa shape index (κ2) is 10.8. The largest absolute Gasteiger partial charge is 0.382 e. The fourth-order valence-electron chi connectivity index (χ4n) is 4.45. The number of para-hydroxylation sites is 4. The number of fused-ring (bicyclic) bond motifs is 1. The first-order chi connectivity index (χ1) is 18.2. The van der Waals surface area contributed by atoms with Crippen LogP contribution in [0.2, 0.25) is 0 Å². The SMILES string of the molecule is N#Cc1c(CCCNC(=O)CCc2nc3ccccc3n2-c2ccccc2)nn(-c2ccccc2)c1N. The van der Waals surface area contributed by atoms with Crippen LogP contribution in [0.1, 0.15) is 29.9 Å². The van der Waals surface area contributed by atoms with Crippen molar-refractivity contribution in [3.05, 3.63) is 102 Å². The van der Waals surface area contributed by atoms with Gasteiger partial charge >= 0.3 is 0 Å². The Hall–Kier alpha value is -4.90. The van der Waals surface area contributed by atoms with Gasteiger partial charge in [0, 0.05) is 25.1 Å². The molecular weight excluding hydrogens is 462 g/mol. The summed E-state index contributed by atoms with van der Waals surface area (Å²) in [7, 11) is 0. The van der Waals surface area contributed by atoms with E-state index in [0.29, 0.717) is 49.3 Å². The fraction of sp³-hybridized carbons (Fsp3) is 0.172. The molecule has 0 fully saturated rings. The van der Waals surface area contributed by atoms with Gasteiger partial charge in [0.2, 0.25) is 5.91 Å². The number of amides is 1. The molecule has 0 radical (unpaired) electrons. The molecule has 8 nitrogen and oxygen atoms in total. The molecule has 184 valence electrons. The van der Waals surface area contributed by atoms with Crippen LogP contribution in [0.4, 0.5) is 5.82 Å². The summed E-state index contributed by atoms with van der Waals surface area (Å²) in [5.41, 5.74) is 10.9. The van der Waals surface area contributed by atoms with Gasteiger partial charge in [-0.25, -0.2) is 9.67 Å². The fourth-order valence-corrected chi connectivity index (χ4v) is 4.45. The van der Waals surface area contributed by atoms with E-state index in [9.17, 15) is 10.1 Å². The number of nitrogens with two attached hydrogens (primary N) is 1. The zero-order chi connectivity index (χ0) is 25.6. The summed E-state index contributed by atoms with van der Waals surface area (Å²) in [4.78, 5) is 17.4. The number of hydrogen-bond acceptors (Lipinski definition) is 5. The Balaban J connectivity index is 1.19. The molecule has 2 heterocycles. The number of hydrogen-bond donors (Lipinski definition) is 2. The van der Waals surface area contributed by atoms with Crippen LogP contribution in [-0.4, -0.2) is 31.8 Å². The Labute approximate surface area is 215 Å². The summed E-state index contributed by atoms with van der Waals surface area (Å²) in [5, 5.41) is 17.1. The highest BCUT2D eigenvalue weighted by Gasteiger charge is 2.17. The molecule has 0 bridgehead atoms. The lowest BCUT2D eigenvalue weighted by Gasteiger charge is -2.09. The minimum Gasteiger partial charge on any atom is -0.382 e. The summed E-state index contributed by atoms with van der Waals surface area (Å²) >= 11 is 0. The van der Waals surface area contributed by atoms with Crippen LogP contribution in [0.25, 0.3) is 22.4 Å². The first kappa shape index (κ1) is 23.8. The van der Waals surface area contributed by atoms with E-state index < -0.39 is 0 Å². The zero-order valence-electron chi connectivity index (χ0n) is 20.3. The van der Waals surface area contributed by atoms with Crippen molar-refractivity contribution in [1.82, 2.24) is 24.6 Å². The van der Waals surface area contributed by atoms with Gasteiger partial charge in [-0.3, -0.25) is 9.36 Å². The molecule has 0 aliphatic heterocycles. The molecule has 5 rings (SSSR count). The van der Waals surface area contributed by atoms with Gasteiger partial charge in [-0.15, -0.1) is 0 Å². The number of imidazole rings is 1. The highest BCUT2D eigenvalue weighted by Crippen LogP contribution is 2.23. The standard InChI is InChI=1S/C29H27N7O/c30-20-23-24(34-36(29(23)31)22-12-5-2-6-13-22)15-9-19-32-28(37)18-17-27-33-25-14-7-8-16-26(25)35(27)21-10-3-1-4-11-21/h1-8,10-14,16H,9,15,17-19,31H2,(H,32,37). The Bertz CT molecular complexity index is 1560. The molecule has 8 heteroatoms. The number of benzene rings is 3. The second-order valence-corrected chi connectivity index (χ2v) is 8.71. The van der Waals surface area contributed by atoms with Crippen LogP contribution in [0.15, 0.2) is 84.9 Å². The number of aromatic nitrogens is 4. The number of nitrogens with zero attached hydrogens (tertiary/aromatic N) is 5. The maximum absolute atomic E-state index is 12.6. The minimum atomic E-state index is -0.0403. The maximum Gasteiger partial charge on any atom is 0.220 e. The van der Waals surface area contributed by atoms with Gasteiger partial charge in [0.25, 0.3) is 0 Å². The molecule has 2 aromatic heterocycles. The van der Waals surface area contributed by atoms with Gasteiger partial charge in [-0.05, 0) is 49.2 Å². The predicted molar refractivity (Wildman–Crippen MR) is 143 cm³/mol. The Morgan fingerprint density at radius 2 is 1.59 bits per heavy atom. The van der Waals surface area contributed by atoms with E-state index >= 15 is 0 Å². The van der Waals surface area contributed by atoms with Crippen LogP contribution in [-0.2, 0) is 17.6 Å². The van der Waals surface area contributed by atoms with Crippen LogP contribution in [0.3, 0.4) is 0 Å². The van der Waals surface area contributed by atoms with Crippen molar-refractivity contribution in [1.29, 1.82) is 5.26 Å². The number of carbonyl (C=O) groups is 1. The molecule has 37 heavy (non-hydrogen) atoms. The smallest absolute Gasteiger partial charge is 0.220 e. The number of nitrogen functional groups attached to an aromatic ring is 1. The molecule has 5 aromatic rings. The van der Waals surface area contributed by atoms with Gasteiger partial charge in [0.1, 0.15) is 23.3 Å². The molecule has 0 aliphatic rings. The molecule has 0 spiro atoms. The molecule has 0 aliphatic carbocycles. The average Bonchev–Trinajstić information content (AvgIpc) is 3.47. The lowest BCUT2D eigenvalue weighted by Crippen LogP contribution is -2.25. The lowest BCUT2D eigenvalue weighted by atomic mass is 10.1. The van der Waals surface area contributed by atoms with Crippen LogP contribution >= 0.6 is 0 Å². The second-order valence-electron chi connectivity index (χ2n) is 8.71. The summed E-state index contributed by atoms with van der Waals surface area (Å²) < 4.78 is 3.70. The summed E-state index contributed by atoms with van der Waals surface area (Å²) in [6.07, 6.45) is 2.03. The highest BCUT2D eigenvalue weighted by molar-refractivity contribution is 5.79. The quantitative estimate of drug-likeness (QED) is 0.299. The van der Waals surface area contributed by atoms with E-state index in [0.717, 1.165) is 28.2 Å². The third kappa shape index (κ3) is 5.07. The van der Waals surface area contributed by atoms with Gasteiger partial charge in [0.15, 0.2) is 0 Å². The van der Waals surface area contributed by atoms with Crippen molar-refractivity contribution >= 4 is 22.8 Å². The summed E-state index contributed by atoms with van der Waals surface area (Å²) in [6, 6.07) is 29.7. The molecule has 1 amide bonds. The van der Waals surface area contributed by atoms with Crippen molar-refractivity contribution < 1.29 is 4.79 Å². The van der Waals surface area contributed by atoms with Crippen molar-refractivity contribution in [3.8, 4) is 17.4 Å². The molecule has 0 unspecified atom stereocenters. The first-order valence-corrected chi connectivity index (χ1v) is 12.3. The topological polar surface area (TPSA) is 115 Å². The number of carbonyl (C=O) groups excluding carboxylic acids is 1. The Morgan fingerprint density at radius 3 is 2.32 bits per heavy atom. The average molecular weight is 490 g/mol. The third-order valence-corrected chi connectivity index (χ3v) is 6.24. The number of rotatable bonds is 9. The molecule has 3 aromatic carbocycles. The minimum absolute atomic E-state index is 0.0403. The zero-order valence-corrected chi connectivity index (χ0v) is 20.3. The van der Waals surface area contributed by atoms with E-state index in [-0.39, 0.29) is 5.91 Å². The lowest BCUT2D eigenvalue weighted by molar-refractivity contribution is -0.121. The van der Waals surface area contributed by atoms with Crippen molar-refractivity contribution in [2.45, 2.75) is 25.7 Å². The van der Waals surface area contributed by atoms with E-state index in [1.165, 1.54) is 0 Å². The number of aryl methyl sites for hydroxylation is 2. The Kier molecular flexibility index (Phi) is 6.95. The summed E-state index contributed by atoms with van der Waals surface area (Å²) in [6.45, 7) is 0.483. The highest BCUT2D eigenvalue weighted by atomic mass is 16.1. The van der Waals surface area contributed by atoms with Crippen molar-refractivity contribution in [2.75, 3.05) is 12.3 Å².